The van der Waals surface area contributed by atoms with Crippen LogP contribution in [0.2, 0.25) is 0 Å². The molecule has 0 radical (unpaired) electrons. The van der Waals surface area contributed by atoms with Gasteiger partial charge in [-0.2, -0.15) is 0 Å². The number of carbonyl (C=O) groups is 2. The fraction of sp³-hybridized carbons (Fsp3) is 0.435. The van der Waals surface area contributed by atoms with E-state index in [-0.39, 0.29) is 57.7 Å². The first-order valence-corrected chi connectivity index (χ1v) is 22.9. The first kappa shape index (κ1) is 42.9. The van der Waals surface area contributed by atoms with Gasteiger partial charge in [0.2, 0.25) is 11.8 Å². The molecule has 6 heterocycles. The lowest BCUT2D eigenvalue weighted by molar-refractivity contribution is -0.128. The number of aliphatic hydroxyl groups excluding tert-OH is 1. The standard InChI is InChI=1S/C46H51FIN9O6/c1-26-40-39(41(53(2)44(26)61)51-36-10-6-30(48)23-35(36)47)45(62)57(32-7-8-32)46(63)56(40)33-5-3-4-31(24-33)50-42(59)28-15-18-54(19-16-28)25-27-13-20-55(21-14-27)37-22-29(12-17-49-37)34-9-11-38(58)52-43(34)60/h3-6,10,12,17,22-24,27-28,32,34,38,51,58H,7-9,11,13-16,18-21,25H2,1-2H3,(H,50,59)(H,52,60). The van der Waals surface area contributed by atoms with Crippen LogP contribution in [0.25, 0.3) is 16.6 Å². The second kappa shape index (κ2) is 17.6. The number of rotatable bonds is 10. The second-order valence-corrected chi connectivity index (χ2v) is 18.7. The van der Waals surface area contributed by atoms with Crippen molar-refractivity contribution in [1.29, 1.82) is 0 Å². The quantitative estimate of drug-likeness (QED) is 0.135. The number of aryl methyl sites for hydroxylation is 1. The van der Waals surface area contributed by atoms with Crippen molar-refractivity contribution < 1.29 is 19.1 Å². The lowest BCUT2D eigenvalue weighted by Gasteiger charge is -2.38. The van der Waals surface area contributed by atoms with E-state index in [1.165, 1.54) is 26.8 Å². The van der Waals surface area contributed by atoms with E-state index in [0.717, 1.165) is 56.9 Å². The molecule has 4 aliphatic rings. The summed E-state index contributed by atoms with van der Waals surface area (Å²) < 4.78 is 19.7. The first-order valence-electron chi connectivity index (χ1n) is 21.8. The molecule has 9 rings (SSSR count). The second-order valence-electron chi connectivity index (χ2n) is 17.5. The van der Waals surface area contributed by atoms with Crippen LogP contribution in [-0.2, 0) is 16.6 Å². The third-order valence-electron chi connectivity index (χ3n) is 13.3. The normalized spacial score (nSPS) is 20.2. The maximum absolute atomic E-state index is 15.2. The molecule has 330 valence electrons. The number of hydrogen-bond acceptors (Lipinski definition) is 10. The van der Waals surface area contributed by atoms with Gasteiger partial charge < -0.3 is 30.9 Å². The summed E-state index contributed by atoms with van der Waals surface area (Å²) in [6.45, 7) is 5.90. The van der Waals surface area contributed by atoms with E-state index in [0.29, 0.717) is 59.4 Å². The summed E-state index contributed by atoms with van der Waals surface area (Å²) in [6, 6.07) is 15.1. The molecule has 15 nitrogen and oxygen atoms in total. The number of hydrogen-bond donors (Lipinski definition) is 4. The topological polar surface area (TPSA) is 176 Å². The van der Waals surface area contributed by atoms with Crippen LogP contribution in [0.1, 0.15) is 74.5 Å². The molecule has 2 atom stereocenters. The molecular weight excluding hydrogens is 920 g/mol. The Hall–Kier alpha value is -5.40. The zero-order chi connectivity index (χ0) is 44.1. The average molecular weight is 972 g/mol. The van der Waals surface area contributed by atoms with Gasteiger partial charge in [-0.1, -0.05) is 6.07 Å². The highest BCUT2D eigenvalue weighted by Crippen LogP contribution is 2.35. The van der Waals surface area contributed by atoms with Crippen molar-refractivity contribution in [3.05, 3.63) is 113 Å². The molecule has 2 amide bonds. The highest BCUT2D eigenvalue weighted by atomic mass is 127. The van der Waals surface area contributed by atoms with Gasteiger partial charge >= 0.3 is 5.69 Å². The molecule has 0 bridgehead atoms. The number of anilines is 4. The molecule has 1 aliphatic carbocycles. The number of aromatic nitrogens is 4. The number of nitrogens with one attached hydrogen (secondary N) is 3. The number of pyridine rings is 2. The Balaban J connectivity index is 0.869. The van der Waals surface area contributed by atoms with Crippen molar-refractivity contribution in [3.63, 3.8) is 0 Å². The van der Waals surface area contributed by atoms with E-state index in [1.54, 1.807) is 49.5 Å². The summed E-state index contributed by atoms with van der Waals surface area (Å²) in [7, 11) is 1.51. The molecule has 1 saturated carbocycles. The zero-order valence-corrected chi connectivity index (χ0v) is 37.4. The minimum Gasteiger partial charge on any atom is -0.374 e. The van der Waals surface area contributed by atoms with Gasteiger partial charge in [0.05, 0.1) is 22.8 Å². The van der Waals surface area contributed by atoms with E-state index in [4.69, 9.17) is 0 Å². The fourth-order valence-electron chi connectivity index (χ4n) is 9.56. The third-order valence-corrected chi connectivity index (χ3v) is 13.9. The Morgan fingerprint density at radius 1 is 0.921 bits per heavy atom. The average Bonchev–Trinajstić information content (AvgIpc) is 4.11. The molecular formula is C46H51FIN9O6. The minimum atomic E-state index is -0.780. The lowest BCUT2D eigenvalue weighted by Crippen LogP contribution is -2.43. The molecule has 2 unspecified atom stereocenters. The number of benzene rings is 2. The molecule has 0 spiro atoms. The summed E-state index contributed by atoms with van der Waals surface area (Å²) in [6.07, 6.45) is 6.89. The van der Waals surface area contributed by atoms with Crippen LogP contribution in [0.3, 0.4) is 0 Å². The van der Waals surface area contributed by atoms with E-state index < -0.39 is 28.9 Å². The Morgan fingerprint density at radius 3 is 2.40 bits per heavy atom. The summed E-state index contributed by atoms with van der Waals surface area (Å²) in [4.78, 5) is 78.0. The van der Waals surface area contributed by atoms with Crippen molar-refractivity contribution in [2.24, 2.45) is 18.9 Å². The largest absolute Gasteiger partial charge is 0.374 e. The Bertz CT molecular complexity index is 2790. The maximum atomic E-state index is 15.2. The lowest BCUT2D eigenvalue weighted by atomic mass is 9.90. The zero-order valence-electron chi connectivity index (χ0n) is 35.3. The summed E-state index contributed by atoms with van der Waals surface area (Å²) in [5, 5.41) is 18.6. The molecule has 17 heteroatoms. The van der Waals surface area contributed by atoms with Crippen molar-refractivity contribution in [1.82, 2.24) is 28.9 Å². The van der Waals surface area contributed by atoms with Gasteiger partial charge in [0.1, 0.15) is 29.1 Å². The van der Waals surface area contributed by atoms with E-state index >= 15 is 4.39 Å². The molecule has 4 fully saturated rings. The van der Waals surface area contributed by atoms with Crippen LogP contribution in [0, 0.1) is 28.1 Å². The minimum absolute atomic E-state index is 0.0731. The van der Waals surface area contributed by atoms with Gasteiger partial charge in [-0.05, 0) is 154 Å². The third kappa shape index (κ3) is 8.66. The van der Waals surface area contributed by atoms with Crippen LogP contribution in [-0.4, -0.2) is 79.5 Å². The Labute approximate surface area is 376 Å². The van der Waals surface area contributed by atoms with Crippen LogP contribution in [0.15, 0.2) is 75.2 Å². The number of aliphatic hydroxyl groups is 1. The predicted molar refractivity (Wildman–Crippen MR) is 248 cm³/mol. The smallest absolute Gasteiger partial charge is 0.336 e. The number of halogens is 2. The van der Waals surface area contributed by atoms with Crippen LogP contribution in [0.4, 0.5) is 27.4 Å². The van der Waals surface area contributed by atoms with Gasteiger partial charge in [0, 0.05) is 59.7 Å². The number of likely N-dealkylation sites (tertiary alicyclic amines) is 1. The predicted octanol–water partition coefficient (Wildman–Crippen LogP) is 5.26. The maximum Gasteiger partial charge on any atom is 0.336 e. The molecule has 3 aliphatic heterocycles. The van der Waals surface area contributed by atoms with E-state index in [9.17, 15) is 29.1 Å². The Morgan fingerprint density at radius 2 is 1.68 bits per heavy atom. The molecule has 5 aromatic rings. The van der Waals surface area contributed by atoms with Crippen molar-refractivity contribution >= 4 is 68.3 Å². The SMILES string of the molecule is Cc1c(=O)n(C)c(Nc2ccc(I)cc2F)c2c(=O)n(C3CC3)c(=O)n(-c3cccc(NC(=O)C4CCN(CC5CCN(c6cc(C7CCC(O)NC7=O)ccn6)CC5)CC4)c3)c12. The Kier molecular flexibility index (Phi) is 12.0. The molecule has 2 aromatic carbocycles. The highest BCUT2D eigenvalue weighted by Gasteiger charge is 2.33. The summed E-state index contributed by atoms with van der Waals surface area (Å²) in [5.41, 5.74) is 0.570. The number of piperidine rings is 3. The molecule has 3 aromatic heterocycles. The fourth-order valence-corrected chi connectivity index (χ4v) is 10.0. The monoisotopic (exact) mass is 971 g/mol. The molecule has 4 N–H and O–H groups in total. The number of carbonyl (C=O) groups excluding carboxylic acids is 2. The van der Waals surface area contributed by atoms with Crippen LogP contribution < -0.4 is 37.7 Å². The van der Waals surface area contributed by atoms with Gasteiger partial charge in [-0.3, -0.25) is 32.9 Å². The van der Waals surface area contributed by atoms with Gasteiger partial charge in [0.15, 0.2) is 0 Å². The van der Waals surface area contributed by atoms with Gasteiger partial charge in [0.25, 0.3) is 11.1 Å². The van der Waals surface area contributed by atoms with Gasteiger partial charge in [-0.25, -0.2) is 14.2 Å². The number of fused-ring (bicyclic) bond motifs is 1. The number of amides is 2. The van der Waals surface area contributed by atoms with Crippen molar-refractivity contribution in [3.8, 4) is 5.69 Å². The summed E-state index contributed by atoms with van der Waals surface area (Å²) >= 11 is 2.01. The van der Waals surface area contributed by atoms with Gasteiger partial charge in [-0.15, -0.1) is 0 Å². The van der Waals surface area contributed by atoms with Crippen LogP contribution >= 0.6 is 22.6 Å². The van der Waals surface area contributed by atoms with E-state index in [1.807, 2.05) is 34.7 Å². The molecule has 3 saturated heterocycles. The van der Waals surface area contributed by atoms with E-state index in [2.05, 4.69) is 30.7 Å². The van der Waals surface area contributed by atoms with Crippen molar-refractivity contribution in [2.75, 3.05) is 48.3 Å². The van der Waals surface area contributed by atoms with Crippen LogP contribution in [0.5, 0.6) is 0 Å². The van der Waals surface area contributed by atoms with Crippen molar-refractivity contribution in [2.45, 2.75) is 76.5 Å². The summed E-state index contributed by atoms with van der Waals surface area (Å²) in [5.74, 6) is 0.191. The molecule has 63 heavy (non-hydrogen) atoms. The highest BCUT2D eigenvalue weighted by molar-refractivity contribution is 14.1. The number of nitrogens with zero attached hydrogens (tertiary/aromatic N) is 6. The first-order chi connectivity index (χ1) is 30.3.